The van der Waals surface area contributed by atoms with E-state index in [4.69, 9.17) is 11.5 Å². The minimum absolute atomic E-state index is 0.00992. The number of rotatable bonds is 36. The molecule has 0 radical (unpaired) electrons. The highest BCUT2D eigenvalue weighted by Crippen LogP contribution is 2.14. The Labute approximate surface area is 367 Å². The Bertz CT molecular complexity index is 1450. The number of carbonyl (C=O) groups is 7. The first-order valence-corrected chi connectivity index (χ1v) is 23.7. The van der Waals surface area contributed by atoms with Crippen LogP contribution in [0.25, 0.3) is 0 Å². The Kier molecular flexibility index (Phi) is 30.7. The minimum Gasteiger partial charge on any atom is -0.508 e. The third-order valence-electron chi connectivity index (χ3n) is 10.4. The number of phenolic OH excluding ortho intramolecular Hbond substituents is 1. The van der Waals surface area contributed by atoms with E-state index in [-0.39, 0.29) is 37.3 Å². The zero-order valence-electron chi connectivity index (χ0n) is 37.0. The van der Waals surface area contributed by atoms with Crippen LogP contribution in [0.2, 0.25) is 0 Å². The summed E-state index contributed by atoms with van der Waals surface area (Å²) in [6, 6.07) is 1.59. The lowest BCUT2D eigenvalue weighted by molar-refractivity contribution is -0.134. The summed E-state index contributed by atoms with van der Waals surface area (Å²) in [5, 5.41) is 25.6. The SMILES string of the molecule is CCCCCCCCCCCCCCCC(=O)N[C@@H](CCSC)C(=O)NCC(=O)N[C@@H](Cc1ccc(O)cc1)C(=O)N[C@H](CCC(N)=O)C(=O)N[C@@H](CCCCN)C(=O)NC. The molecule has 17 heteroatoms. The van der Waals surface area contributed by atoms with Crippen LogP contribution in [0.4, 0.5) is 0 Å². The molecule has 0 saturated heterocycles. The van der Waals surface area contributed by atoms with Crippen molar-refractivity contribution in [1.29, 1.82) is 0 Å². The van der Waals surface area contributed by atoms with Crippen molar-refractivity contribution in [2.24, 2.45) is 11.5 Å². The quantitative estimate of drug-likeness (QED) is 0.0444. The first kappa shape index (κ1) is 54.6. The lowest BCUT2D eigenvalue weighted by Crippen LogP contribution is -2.58. The van der Waals surface area contributed by atoms with Gasteiger partial charge in [0.15, 0.2) is 0 Å². The molecule has 0 spiro atoms. The third-order valence-corrected chi connectivity index (χ3v) is 11.0. The molecule has 7 amide bonds. The number of thioether (sulfide) groups is 1. The van der Waals surface area contributed by atoms with Crippen LogP contribution in [0.5, 0.6) is 5.75 Å². The smallest absolute Gasteiger partial charge is 0.243 e. The second-order valence-electron chi connectivity index (χ2n) is 15.6. The largest absolute Gasteiger partial charge is 0.508 e. The molecule has 11 N–H and O–H groups in total. The highest BCUT2D eigenvalue weighted by atomic mass is 32.2. The molecule has 1 aromatic carbocycles. The van der Waals surface area contributed by atoms with Crippen LogP contribution >= 0.6 is 11.8 Å². The molecule has 0 unspecified atom stereocenters. The average Bonchev–Trinajstić information content (AvgIpc) is 3.24. The Morgan fingerprint density at radius 1 is 0.607 bits per heavy atom. The molecule has 4 atom stereocenters. The Hall–Kier alpha value is -4.38. The number of likely N-dealkylation sites (N-methyl/N-ethyl adjacent to an activating group) is 1. The van der Waals surface area contributed by atoms with Gasteiger partial charge in [0, 0.05) is 26.3 Å². The van der Waals surface area contributed by atoms with Crippen molar-refractivity contribution in [3.63, 3.8) is 0 Å². The van der Waals surface area contributed by atoms with Crippen molar-refractivity contribution in [3.8, 4) is 5.75 Å². The van der Waals surface area contributed by atoms with Crippen LogP contribution in [0.15, 0.2) is 24.3 Å². The number of amides is 7. The summed E-state index contributed by atoms with van der Waals surface area (Å²) in [5.74, 6) is -3.57. The molecule has 0 heterocycles. The number of phenols is 1. The second kappa shape index (κ2) is 34.2. The predicted octanol–water partition coefficient (Wildman–Crippen LogP) is 3.37. The van der Waals surface area contributed by atoms with Crippen molar-refractivity contribution >= 4 is 53.1 Å². The summed E-state index contributed by atoms with van der Waals surface area (Å²) < 4.78 is 0. The molecule has 0 aliphatic heterocycles. The standard InChI is InChI=1S/C44H76N8O8S/c1-4-5-6-7-8-9-10-11-12-13-14-15-16-20-39(55)49-36(27-29-61-3)42(58)48-31-40(56)50-37(30-32-21-23-33(53)24-22-32)44(60)52-35(25-26-38(46)54)43(59)51-34(41(57)47-2)19-17-18-28-45/h21-24,34-37,53H,4-20,25-31,45H2,1-3H3,(H2,46,54)(H,47,57)(H,48,58)(H,49,55)(H,50,56)(H,51,59)(H,52,60)/t34-,35+,36-,37-/m0/s1. The first-order valence-electron chi connectivity index (χ1n) is 22.3. The van der Waals surface area contributed by atoms with Gasteiger partial charge in [-0.1, -0.05) is 96.1 Å². The summed E-state index contributed by atoms with van der Waals surface area (Å²) in [4.78, 5) is 91.0. The van der Waals surface area contributed by atoms with Gasteiger partial charge in [0.25, 0.3) is 0 Å². The van der Waals surface area contributed by atoms with Crippen molar-refractivity contribution in [3.05, 3.63) is 29.8 Å². The topological polar surface area (TPSA) is 264 Å². The Morgan fingerprint density at radius 3 is 1.67 bits per heavy atom. The summed E-state index contributed by atoms with van der Waals surface area (Å²) in [7, 11) is 1.43. The van der Waals surface area contributed by atoms with E-state index in [1.54, 1.807) is 12.1 Å². The van der Waals surface area contributed by atoms with Crippen LogP contribution in [0, 0.1) is 0 Å². The van der Waals surface area contributed by atoms with Crippen molar-refractivity contribution < 1.29 is 38.7 Å². The zero-order chi connectivity index (χ0) is 45.3. The van der Waals surface area contributed by atoms with E-state index in [0.29, 0.717) is 43.5 Å². The molecule has 0 saturated carbocycles. The van der Waals surface area contributed by atoms with Crippen molar-refractivity contribution in [1.82, 2.24) is 31.9 Å². The van der Waals surface area contributed by atoms with Gasteiger partial charge in [0.05, 0.1) is 6.54 Å². The van der Waals surface area contributed by atoms with Gasteiger partial charge in [-0.2, -0.15) is 11.8 Å². The van der Waals surface area contributed by atoms with Crippen molar-refractivity contribution in [2.75, 3.05) is 32.1 Å². The van der Waals surface area contributed by atoms with Gasteiger partial charge < -0.3 is 48.5 Å². The summed E-state index contributed by atoms with van der Waals surface area (Å²) >= 11 is 1.52. The van der Waals surface area contributed by atoms with Crippen LogP contribution in [0.1, 0.15) is 141 Å². The van der Waals surface area contributed by atoms with Gasteiger partial charge in [-0.25, -0.2) is 0 Å². The van der Waals surface area contributed by atoms with E-state index in [2.05, 4.69) is 38.8 Å². The van der Waals surface area contributed by atoms with Crippen molar-refractivity contribution in [2.45, 2.75) is 166 Å². The molecule has 0 bridgehead atoms. The van der Waals surface area contributed by atoms with E-state index < -0.39 is 66.2 Å². The number of benzene rings is 1. The second-order valence-corrected chi connectivity index (χ2v) is 16.6. The van der Waals surface area contributed by atoms with Gasteiger partial charge in [0.2, 0.25) is 41.4 Å². The number of aromatic hydroxyl groups is 1. The third kappa shape index (κ3) is 26.5. The molecule has 0 aliphatic rings. The number of hydrogen-bond donors (Lipinski definition) is 9. The molecule has 346 valence electrons. The number of hydrogen-bond acceptors (Lipinski definition) is 10. The monoisotopic (exact) mass is 877 g/mol. The van der Waals surface area contributed by atoms with E-state index >= 15 is 0 Å². The van der Waals surface area contributed by atoms with Crippen LogP contribution in [0.3, 0.4) is 0 Å². The van der Waals surface area contributed by atoms with E-state index in [1.807, 2.05) is 6.26 Å². The molecular formula is C44H76N8O8S. The summed E-state index contributed by atoms with van der Waals surface area (Å²) in [5.41, 5.74) is 11.5. The molecule has 1 aromatic rings. The van der Waals surface area contributed by atoms with Crippen LogP contribution in [-0.2, 0) is 40.0 Å². The molecule has 0 fully saturated rings. The zero-order valence-corrected chi connectivity index (χ0v) is 37.8. The molecule has 0 aliphatic carbocycles. The molecule has 0 aromatic heterocycles. The van der Waals surface area contributed by atoms with Gasteiger partial charge in [-0.3, -0.25) is 33.6 Å². The minimum atomic E-state index is -1.30. The fraction of sp³-hybridized carbons (Fsp3) is 0.705. The number of carbonyl (C=O) groups excluding carboxylic acids is 7. The fourth-order valence-electron chi connectivity index (χ4n) is 6.72. The summed E-state index contributed by atoms with van der Waals surface area (Å²) in [6.07, 6.45) is 19.0. The normalized spacial score (nSPS) is 12.9. The highest BCUT2D eigenvalue weighted by molar-refractivity contribution is 7.98. The van der Waals surface area contributed by atoms with Crippen LogP contribution in [-0.4, -0.2) is 103 Å². The summed E-state index contributed by atoms with van der Waals surface area (Å²) in [6.45, 7) is 2.12. The predicted molar refractivity (Wildman–Crippen MR) is 241 cm³/mol. The molecule has 1 rings (SSSR count). The molecular weight excluding hydrogens is 801 g/mol. The first-order chi connectivity index (χ1) is 29.3. The Morgan fingerprint density at radius 2 is 1.13 bits per heavy atom. The average molecular weight is 877 g/mol. The fourth-order valence-corrected chi connectivity index (χ4v) is 7.19. The number of unbranched alkanes of at least 4 members (excludes halogenated alkanes) is 13. The number of primary amides is 1. The Balaban J connectivity index is 2.88. The lowest BCUT2D eigenvalue weighted by atomic mass is 10.0. The van der Waals surface area contributed by atoms with E-state index in [1.165, 1.54) is 88.7 Å². The van der Waals surface area contributed by atoms with Crippen LogP contribution < -0.4 is 43.4 Å². The van der Waals surface area contributed by atoms with Gasteiger partial charge in [0.1, 0.15) is 29.9 Å². The number of nitrogens with one attached hydrogen (secondary N) is 6. The molecule has 16 nitrogen and oxygen atoms in total. The highest BCUT2D eigenvalue weighted by Gasteiger charge is 2.30. The number of nitrogens with two attached hydrogens (primary N) is 2. The van der Waals surface area contributed by atoms with E-state index in [0.717, 1.165) is 25.7 Å². The lowest BCUT2D eigenvalue weighted by Gasteiger charge is -2.25. The molecule has 61 heavy (non-hydrogen) atoms. The maximum Gasteiger partial charge on any atom is 0.243 e. The maximum atomic E-state index is 13.8. The van der Waals surface area contributed by atoms with Gasteiger partial charge in [-0.15, -0.1) is 0 Å². The maximum absolute atomic E-state index is 13.8. The van der Waals surface area contributed by atoms with Gasteiger partial charge in [-0.05, 0) is 74.8 Å². The van der Waals surface area contributed by atoms with Gasteiger partial charge >= 0.3 is 0 Å². The van der Waals surface area contributed by atoms with E-state index in [9.17, 15) is 38.7 Å².